The zero-order valence-electron chi connectivity index (χ0n) is 15.0. The van der Waals surface area contributed by atoms with E-state index in [1.807, 2.05) is 91.9 Å². The van der Waals surface area contributed by atoms with Crippen molar-refractivity contribution in [1.82, 2.24) is 9.97 Å². The van der Waals surface area contributed by atoms with E-state index in [1.54, 1.807) is 4.90 Å². The quantitative estimate of drug-likeness (QED) is 0.530. The van der Waals surface area contributed by atoms with Crippen molar-refractivity contribution in [3.05, 3.63) is 102 Å². The molecule has 132 valence electrons. The molecule has 0 aliphatic carbocycles. The molecule has 0 atom stereocenters. The maximum Gasteiger partial charge on any atom is 0.258 e. The van der Waals surface area contributed by atoms with E-state index in [-0.39, 0.29) is 5.91 Å². The Hall–Kier alpha value is -3.53. The van der Waals surface area contributed by atoms with Gasteiger partial charge >= 0.3 is 0 Å². The maximum atomic E-state index is 13.2. The van der Waals surface area contributed by atoms with Crippen LogP contribution in [0.4, 0.5) is 5.69 Å². The van der Waals surface area contributed by atoms with Crippen LogP contribution in [0.2, 0.25) is 0 Å². The molecule has 1 amide bonds. The second-order valence-electron chi connectivity index (χ2n) is 6.34. The average molecular weight is 353 g/mol. The lowest BCUT2D eigenvalue weighted by Crippen LogP contribution is -2.31. The Balaban J connectivity index is 1.76. The van der Waals surface area contributed by atoms with Crippen LogP contribution < -0.4 is 4.90 Å². The standard InChI is InChI=1S/C23H19N3O/c1-17-22(25-21-15-9-8-14-20(21)24-17)16-26(19-12-6-3-7-13-19)23(27)18-10-4-2-5-11-18/h2-15H,16H2,1H3. The number of aryl methyl sites for hydroxylation is 1. The van der Waals surface area contributed by atoms with Crippen molar-refractivity contribution in [3.8, 4) is 0 Å². The molecule has 4 nitrogen and oxygen atoms in total. The van der Waals surface area contributed by atoms with Gasteiger partial charge in [-0.2, -0.15) is 0 Å². The van der Waals surface area contributed by atoms with Crippen molar-refractivity contribution >= 4 is 22.6 Å². The Morgan fingerprint density at radius 2 is 1.33 bits per heavy atom. The monoisotopic (exact) mass is 353 g/mol. The van der Waals surface area contributed by atoms with Crippen LogP contribution in [-0.4, -0.2) is 15.9 Å². The number of anilines is 1. The predicted molar refractivity (Wildman–Crippen MR) is 108 cm³/mol. The van der Waals surface area contributed by atoms with E-state index < -0.39 is 0 Å². The summed E-state index contributed by atoms with van der Waals surface area (Å²) >= 11 is 0. The van der Waals surface area contributed by atoms with Gasteiger partial charge in [-0.25, -0.2) is 9.97 Å². The molecule has 4 heteroatoms. The summed E-state index contributed by atoms with van der Waals surface area (Å²) in [5.41, 5.74) is 4.79. The van der Waals surface area contributed by atoms with E-state index in [2.05, 4.69) is 4.98 Å². The molecule has 0 aliphatic rings. The predicted octanol–water partition coefficient (Wildman–Crippen LogP) is 4.79. The summed E-state index contributed by atoms with van der Waals surface area (Å²) in [7, 11) is 0. The van der Waals surface area contributed by atoms with Gasteiger partial charge < -0.3 is 4.90 Å². The maximum absolute atomic E-state index is 13.2. The fraction of sp³-hybridized carbons (Fsp3) is 0.0870. The van der Waals surface area contributed by atoms with Gasteiger partial charge in [-0.05, 0) is 43.3 Å². The molecule has 0 N–H and O–H groups in total. The number of aromatic nitrogens is 2. The highest BCUT2D eigenvalue weighted by atomic mass is 16.2. The van der Waals surface area contributed by atoms with Crippen molar-refractivity contribution in [2.45, 2.75) is 13.5 Å². The SMILES string of the molecule is Cc1nc2ccccc2nc1CN(C(=O)c1ccccc1)c1ccccc1. The second-order valence-corrected chi connectivity index (χ2v) is 6.34. The highest BCUT2D eigenvalue weighted by molar-refractivity contribution is 6.06. The Kier molecular flexibility index (Phi) is 4.62. The first-order chi connectivity index (χ1) is 13.2. The Labute approximate surface area is 158 Å². The molecule has 4 aromatic rings. The highest BCUT2D eigenvalue weighted by Crippen LogP contribution is 2.21. The number of benzene rings is 3. The van der Waals surface area contributed by atoms with E-state index in [9.17, 15) is 4.79 Å². The normalized spacial score (nSPS) is 10.7. The first-order valence-electron chi connectivity index (χ1n) is 8.86. The average Bonchev–Trinajstić information content (AvgIpc) is 2.73. The molecule has 0 unspecified atom stereocenters. The van der Waals surface area contributed by atoms with Crippen LogP contribution in [0.5, 0.6) is 0 Å². The first kappa shape index (κ1) is 16.9. The summed E-state index contributed by atoms with van der Waals surface area (Å²) in [6, 6.07) is 26.8. The van der Waals surface area contributed by atoms with Crippen LogP contribution in [0.1, 0.15) is 21.7 Å². The molecule has 0 spiro atoms. The fourth-order valence-corrected chi connectivity index (χ4v) is 3.05. The molecule has 27 heavy (non-hydrogen) atoms. The number of para-hydroxylation sites is 3. The van der Waals surface area contributed by atoms with Crippen LogP contribution >= 0.6 is 0 Å². The molecule has 4 rings (SSSR count). The number of carbonyl (C=O) groups is 1. The van der Waals surface area contributed by atoms with E-state index in [4.69, 9.17) is 4.98 Å². The smallest absolute Gasteiger partial charge is 0.258 e. The van der Waals surface area contributed by atoms with Gasteiger partial charge in [0.05, 0.1) is 29.0 Å². The summed E-state index contributed by atoms with van der Waals surface area (Å²) in [6.45, 7) is 2.30. The number of amides is 1. The van der Waals surface area contributed by atoms with E-state index >= 15 is 0 Å². The number of rotatable bonds is 4. The third-order valence-corrected chi connectivity index (χ3v) is 4.48. The third-order valence-electron chi connectivity index (χ3n) is 4.48. The van der Waals surface area contributed by atoms with Gasteiger partial charge in [0, 0.05) is 11.3 Å². The molecule has 0 saturated heterocycles. The lowest BCUT2D eigenvalue weighted by atomic mass is 10.1. The minimum Gasteiger partial charge on any atom is -0.302 e. The number of hydrogen-bond acceptors (Lipinski definition) is 3. The van der Waals surface area contributed by atoms with Crippen molar-refractivity contribution in [1.29, 1.82) is 0 Å². The van der Waals surface area contributed by atoms with Crippen molar-refractivity contribution in [3.63, 3.8) is 0 Å². The highest BCUT2D eigenvalue weighted by Gasteiger charge is 2.20. The number of nitrogens with zero attached hydrogens (tertiary/aromatic N) is 3. The lowest BCUT2D eigenvalue weighted by Gasteiger charge is -2.23. The van der Waals surface area contributed by atoms with Gasteiger partial charge in [0.2, 0.25) is 0 Å². The summed E-state index contributed by atoms with van der Waals surface area (Å²) in [5.74, 6) is -0.0591. The molecule has 1 aromatic heterocycles. The Morgan fingerprint density at radius 3 is 2.00 bits per heavy atom. The molecule has 1 heterocycles. The van der Waals surface area contributed by atoms with E-state index in [0.717, 1.165) is 28.1 Å². The molecular formula is C23H19N3O. The Morgan fingerprint density at radius 1 is 0.778 bits per heavy atom. The molecule has 0 bridgehead atoms. The van der Waals surface area contributed by atoms with Gasteiger partial charge in [0.1, 0.15) is 0 Å². The van der Waals surface area contributed by atoms with E-state index in [1.165, 1.54) is 0 Å². The molecule has 3 aromatic carbocycles. The van der Waals surface area contributed by atoms with Crippen LogP contribution in [-0.2, 0) is 6.54 Å². The van der Waals surface area contributed by atoms with Crippen molar-refractivity contribution in [2.24, 2.45) is 0 Å². The van der Waals surface area contributed by atoms with Crippen LogP contribution in [0.3, 0.4) is 0 Å². The van der Waals surface area contributed by atoms with Crippen molar-refractivity contribution < 1.29 is 4.79 Å². The Bertz CT molecular complexity index is 1080. The summed E-state index contributed by atoms with van der Waals surface area (Å²) < 4.78 is 0. The van der Waals surface area contributed by atoms with Crippen LogP contribution in [0.15, 0.2) is 84.9 Å². The van der Waals surface area contributed by atoms with Gasteiger partial charge in [-0.1, -0.05) is 48.5 Å². The molecule has 0 fully saturated rings. The lowest BCUT2D eigenvalue weighted by molar-refractivity contribution is 0.0985. The number of hydrogen-bond donors (Lipinski definition) is 0. The summed E-state index contributed by atoms with van der Waals surface area (Å²) in [5, 5.41) is 0. The van der Waals surface area contributed by atoms with Crippen LogP contribution in [0.25, 0.3) is 11.0 Å². The third kappa shape index (κ3) is 3.55. The van der Waals surface area contributed by atoms with Gasteiger partial charge in [0.15, 0.2) is 0 Å². The van der Waals surface area contributed by atoms with E-state index in [0.29, 0.717) is 12.1 Å². The molecule has 0 radical (unpaired) electrons. The second kappa shape index (κ2) is 7.38. The number of carbonyl (C=O) groups excluding carboxylic acids is 1. The molecule has 0 aliphatic heterocycles. The van der Waals surface area contributed by atoms with Gasteiger partial charge in [-0.3, -0.25) is 4.79 Å². The fourth-order valence-electron chi connectivity index (χ4n) is 3.05. The largest absolute Gasteiger partial charge is 0.302 e. The summed E-state index contributed by atoms with van der Waals surface area (Å²) in [4.78, 5) is 24.4. The molecular weight excluding hydrogens is 334 g/mol. The minimum absolute atomic E-state index is 0.0591. The van der Waals surface area contributed by atoms with Gasteiger partial charge in [0.25, 0.3) is 5.91 Å². The zero-order valence-corrected chi connectivity index (χ0v) is 15.0. The van der Waals surface area contributed by atoms with Gasteiger partial charge in [-0.15, -0.1) is 0 Å². The summed E-state index contributed by atoms with van der Waals surface area (Å²) in [6.07, 6.45) is 0. The van der Waals surface area contributed by atoms with Crippen LogP contribution in [0, 0.1) is 6.92 Å². The topological polar surface area (TPSA) is 46.1 Å². The molecule has 0 saturated carbocycles. The zero-order chi connectivity index (χ0) is 18.6. The van der Waals surface area contributed by atoms with Crippen molar-refractivity contribution in [2.75, 3.05) is 4.90 Å². The number of fused-ring (bicyclic) bond motifs is 1. The first-order valence-corrected chi connectivity index (χ1v) is 8.86. The minimum atomic E-state index is -0.0591.